The summed E-state index contributed by atoms with van der Waals surface area (Å²) in [7, 11) is 1.52. The third kappa shape index (κ3) is 4.92. The molecular weight excluding hydrogens is 442 g/mol. The summed E-state index contributed by atoms with van der Waals surface area (Å²) in [6.07, 6.45) is 4.23. The number of aryl methyl sites for hydroxylation is 1. The molecule has 0 saturated heterocycles. The maximum atomic E-state index is 13.0. The van der Waals surface area contributed by atoms with Crippen molar-refractivity contribution in [2.75, 3.05) is 19.0 Å². The van der Waals surface area contributed by atoms with Gasteiger partial charge in [-0.25, -0.2) is 4.98 Å². The minimum atomic E-state index is -0.401. The molecule has 3 aromatic heterocycles. The summed E-state index contributed by atoms with van der Waals surface area (Å²) in [5, 5.41) is 21.0. The molecule has 0 atom stereocenters. The fourth-order valence-electron chi connectivity index (χ4n) is 3.26. The lowest BCUT2D eigenvalue weighted by molar-refractivity contribution is 0.0201. The lowest BCUT2D eigenvalue weighted by atomic mass is 9.83. The Morgan fingerprint density at radius 3 is 2.81 bits per heavy atom. The molecule has 0 aromatic carbocycles. The van der Waals surface area contributed by atoms with Crippen LogP contribution in [-0.2, 0) is 0 Å². The van der Waals surface area contributed by atoms with E-state index in [1.54, 1.807) is 12.1 Å². The summed E-state index contributed by atoms with van der Waals surface area (Å²) in [6.45, 7) is 2.30. The first-order valence-electron chi connectivity index (χ1n) is 9.55. The Morgan fingerprint density at radius 2 is 2.06 bits per heavy atom. The summed E-state index contributed by atoms with van der Waals surface area (Å²) in [6, 6.07) is 3.42. The molecule has 0 aliphatic heterocycles. The van der Waals surface area contributed by atoms with Crippen LogP contribution in [0.15, 0.2) is 24.5 Å². The molecule has 0 bridgehead atoms. The Bertz CT molecular complexity index is 1100. The largest absolute Gasteiger partial charge is 0.494 e. The summed E-state index contributed by atoms with van der Waals surface area (Å²) < 4.78 is 11.0. The number of aliphatic hydroxyl groups excluding tert-OH is 1. The Morgan fingerprint density at radius 1 is 1.26 bits per heavy atom. The van der Waals surface area contributed by atoms with Gasteiger partial charge in [-0.3, -0.25) is 15.1 Å². The zero-order chi connectivity index (χ0) is 22.0. The Labute approximate surface area is 187 Å². The quantitative estimate of drug-likeness (QED) is 0.514. The van der Waals surface area contributed by atoms with Crippen LogP contribution in [0.25, 0.3) is 11.1 Å². The van der Waals surface area contributed by atoms with Gasteiger partial charge in [0.25, 0.3) is 11.1 Å². The van der Waals surface area contributed by atoms with E-state index < -0.39 is 5.91 Å². The number of nitrogens with zero attached hydrogens (tertiary/aromatic N) is 4. The maximum Gasteiger partial charge on any atom is 0.295 e. The van der Waals surface area contributed by atoms with Gasteiger partial charge in [0.2, 0.25) is 5.13 Å². The number of methoxy groups -OCH3 is 1. The number of pyridine rings is 2. The molecule has 4 rings (SSSR count). The highest BCUT2D eigenvalue weighted by Crippen LogP contribution is 2.34. The van der Waals surface area contributed by atoms with Crippen LogP contribution in [0.2, 0.25) is 5.15 Å². The first-order chi connectivity index (χ1) is 14.9. The summed E-state index contributed by atoms with van der Waals surface area (Å²) >= 11 is 7.21. The third-order valence-corrected chi connectivity index (χ3v) is 5.87. The van der Waals surface area contributed by atoms with Crippen molar-refractivity contribution < 1.29 is 19.4 Å². The number of hydrogen-bond acceptors (Lipinski definition) is 9. The van der Waals surface area contributed by atoms with Crippen LogP contribution in [0.4, 0.5) is 5.13 Å². The van der Waals surface area contributed by atoms with E-state index in [0.29, 0.717) is 45.3 Å². The van der Waals surface area contributed by atoms with E-state index >= 15 is 0 Å². The highest BCUT2D eigenvalue weighted by Gasteiger charge is 2.28. The van der Waals surface area contributed by atoms with Gasteiger partial charge in [-0.2, -0.15) is 0 Å². The van der Waals surface area contributed by atoms with Crippen LogP contribution < -0.4 is 14.8 Å². The molecule has 3 heterocycles. The molecule has 3 aromatic rings. The first kappa shape index (κ1) is 21.4. The predicted octanol–water partition coefficient (Wildman–Crippen LogP) is 3.37. The Balaban J connectivity index is 1.53. The van der Waals surface area contributed by atoms with Crippen LogP contribution in [0.3, 0.4) is 0 Å². The summed E-state index contributed by atoms with van der Waals surface area (Å²) in [4.78, 5) is 21.3. The number of aliphatic hydroxyl groups is 1. The van der Waals surface area contributed by atoms with Crippen LogP contribution in [0, 0.1) is 12.8 Å². The lowest BCUT2D eigenvalue weighted by Crippen LogP contribution is -2.32. The van der Waals surface area contributed by atoms with Crippen molar-refractivity contribution in [2.24, 2.45) is 5.92 Å². The molecule has 11 heteroatoms. The molecule has 31 heavy (non-hydrogen) atoms. The second-order valence-electron chi connectivity index (χ2n) is 7.21. The Hall–Kier alpha value is -2.82. The van der Waals surface area contributed by atoms with Gasteiger partial charge in [0, 0.05) is 23.0 Å². The van der Waals surface area contributed by atoms with Gasteiger partial charge in [0.05, 0.1) is 31.6 Å². The highest BCUT2D eigenvalue weighted by molar-refractivity contribution is 7.17. The molecule has 0 radical (unpaired) electrons. The number of anilines is 1. The number of nitrogens with one attached hydrogen (secondary N) is 1. The topological polar surface area (TPSA) is 119 Å². The SMILES string of the molecule is COc1cnc(Cl)cc1-c1cc(C)ncc1C(=O)Nc1nnc(OC[C@H]2C[C@@H](O)C2)s1. The zero-order valence-electron chi connectivity index (χ0n) is 16.8. The van der Waals surface area contributed by atoms with Crippen molar-refractivity contribution in [1.29, 1.82) is 0 Å². The number of amides is 1. The number of carbonyl (C=O) groups is 1. The molecule has 0 unspecified atom stereocenters. The minimum absolute atomic E-state index is 0.232. The smallest absolute Gasteiger partial charge is 0.295 e. The molecule has 9 nitrogen and oxygen atoms in total. The van der Waals surface area contributed by atoms with E-state index in [4.69, 9.17) is 21.1 Å². The third-order valence-electron chi connectivity index (χ3n) is 4.91. The minimum Gasteiger partial charge on any atom is -0.494 e. The molecular formula is C20H20ClN5O4S. The average Bonchev–Trinajstić information content (AvgIpc) is 3.17. The van der Waals surface area contributed by atoms with Gasteiger partial charge in [-0.05, 0) is 49.2 Å². The molecule has 1 aliphatic carbocycles. The van der Waals surface area contributed by atoms with Crippen molar-refractivity contribution in [3.05, 3.63) is 40.9 Å². The van der Waals surface area contributed by atoms with E-state index in [0.717, 1.165) is 29.9 Å². The fourth-order valence-corrected chi connectivity index (χ4v) is 4.02. The summed E-state index contributed by atoms with van der Waals surface area (Å²) in [5.41, 5.74) is 2.29. The van der Waals surface area contributed by atoms with E-state index in [1.165, 1.54) is 19.5 Å². The zero-order valence-corrected chi connectivity index (χ0v) is 18.4. The normalized spacial score (nSPS) is 17.7. The van der Waals surface area contributed by atoms with E-state index in [9.17, 15) is 9.90 Å². The molecule has 1 saturated carbocycles. The number of ether oxygens (including phenoxy) is 2. The van der Waals surface area contributed by atoms with E-state index in [2.05, 4.69) is 25.5 Å². The molecule has 2 N–H and O–H groups in total. The van der Waals surface area contributed by atoms with Crippen LogP contribution >= 0.6 is 22.9 Å². The number of halogens is 1. The lowest BCUT2D eigenvalue weighted by Gasteiger charge is -2.30. The predicted molar refractivity (Wildman–Crippen MR) is 116 cm³/mol. The van der Waals surface area contributed by atoms with Crippen molar-refractivity contribution >= 4 is 34.0 Å². The molecule has 1 amide bonds. The van der Waals surface area contributed by atoms with Crippen molar-refractivity contribution in [2.45, 2.75) is 25.9 Å². The fraction of sp³-hybridized carbons (Fsp3) is 0.350. The monoisotopic (exact) mass is 461 g/mol. The van der Waals surface area contributed by atoms with Crippen LogP contribution in [0.1, 0.15) is 28.9 Å². The number of carbonyl (C=O) groups excluding carboxylic acids is 1. The molecule has 0 spiro atoms. The average molecular weight is 462 g/mol. The standard InChI is InChI=1S/C20H20ClN5O4S/c1-10-3-13(14-6-17(21)23-8-16(14)29-2)15(7-22-10)18(28)24-19-25-26-20(31-19)30-9-11-4-12(27)5-11/h3,6-8,11-12,27H,4-5,9H2,1-2H3,(H,24,25,28)/t11-,12+. The number of hydrogen-bond donors (Lipinski definition) is 2. The molecule has 162 valence electrons. The van der Waals surface area contributed by atoms with Gasteiger partial charge in [0.1, 0.15) is 10.9 Å². The van der Waals surface area contributed by atoms with Crippen LogP contribution in [-0.4, -0.2) is 51.0 Å². The molecule has 1 fully saturated rings. The van der Waals surface area contributed by atoms with Gasteiger partial charge in [0.15, 0.2) is 0 Å². The number of rotatable bonds is 7. The molecule has 1 aliphatic rings. The summed E-state index contributed by atoms with van der Waals surface area (Å²) in [5.74, 6) is 0.402. The maximum absolute atomic E-state index is 13.0. The first-order valence-corrected chi connectivity index (χ1v) is 10.7. The van der Waals surface area contributed by atoms with Crippen molar-refractivity contribution in [1.82, 2.24) is 20.2 Å². The second kappa shape index (κ2) is 9.13. The van der Waals surface area contributed by atoms with Gasteiger partial charge >= 0.3 is 0 Å². The highest BCUT2D eigenvalue weighted by atomic mass is 35.5. The van der Waals surface area contributed by atoms with Gasteiger partial charge in [-0.1, -0.05) is 16.7 Å². The number of aromatic nitrogens is 4. The Kier molecular flexibility index (Phi) is 6.30. The van der Waals surface area contributed by atoms with Crippen molar-refractivity contribution in [3.63, 3.8) is 0 Å². The van der Waals surface area contributed by atoms with Gasteiger partial charge in [-0.15, -0.1) is 5.10 Å². The van der Waals surface area contributed by atoms with E-state index in [-0.39, 0.29) is 11.3 Å². The van der Waals surface area contributed by atoms with Crippen molar-refractivity contribution in [3.8, 4) is 22.1 Å². The van der Waals surface area contributed by atoms with E-state index in [1.807, 2.05) is 6.92 Å². The second-order valence-corrected chi connectivity index (χ2v) is 8.54. The van der Waals surface area contributed by atoms with Gasteiger partial charge < -0.3 is 14.6 Å². The van der Waals surface area contributed by atoms with Crippen LogP contribution in [0.5, 0.6) is 10.9 Å².